The average molecular weight is 247 g/mol. The van der Waals surface area contributed by atoms with E-state index in [0.29, 0.717) is 12.1 Å². The van der Waals surface area contributed by atoms with Crippen LogP contribution >= 0.6 is 0 Å². The largest absolute Gasteiger partial charge is 0.376 e. The minimum absolute atomic E-state index is 0.422. The van der Waals surface area contributed by atoms with Crippen molar-refractivity contribution in [3.8, 4) is 0 Å². The molecule has 0 aromatic carbocycles. The van der Waals surface area contributed by atoms with Crippen molar-refractivity contribution < 1.29 is 4.74 Å². The summed E-state index contributed by atoms with van der Waals surface area (Å²) in [4.78, 5) is 4.81. The van der Waals surface area contributed by atoms with Gasteiger partial charge in [0.1, 0.15) is 0 Å². The summed E-state index contributed by atoms with van der Waals surface area (Å²) in [6, 6.07) is 0.526. The van der Waals surface area contributed by atoms with Crippen LogP contribution in [-0.4, -0.2) is 28.8 Å². The Kier molecular flexibility index (Phi) is 2.57. The van der Waals surface area contributed by atoms with E-state index in [4.69, 9.17) is 9.72 Å². The van der Waals surface area contributed by atoms with Gasteiger partial charge in [-0.2, -0.15) is 0 Å². The number of aromatic nitrogens is 2. The third-order valence-electron chi connectivity index (χ3n) is 4.62. The van der Waals surface area contributed by atoms with Gasteiger partial charge in [0, 0.05) is 18.8 Å². The van der Waals surface area contributed by atoms with E-state index in [0.717, 1.165) is 25.5 Å². The normalized spacial score (nSPS) is 30.7. The smallest absolute Gasteiger partial charge is 0.203 e. The summed E-state index contributed by atoms with van der Waals surface area (Å²) >= 11 is 0. The molecule has 98 valence electrons. The molecule has 3 heterocycles. The summed E-state index contributed by atoms with van der Waals surface area (Å²) < 4.78 is 8.41. The highest BCUT2D eigenvalue weighted by Crippen LogP contribution is 2.36. The number of nitrogens with zero attached hydrogens (tertiary/aromatic N) is 2. The molecule has 18 heavy (non-hydrogen) atoms. The van der Waals surface area contributed by atoms with E-state index >= 15 is 0 Å². The lowest BCUT2D eigenvalue weighted by Crippen LogP contribution is -2.32. The third kappa shape index (κ3) is 1.58. The van der Waals surface area contributed by atoms with Crippen LogP contribution in [0.4, 0.5) is 5.95 Å². The van der Waals surface area contributed by atoms with E-state index in [-0.39, 0.29) is 0 Å². The molecule has 0 radical (unpaired) electrons. The number of imidazole rings is 1. The van der Waals surface area contributed by atoms with Crippen molar-refractivity contribution in [3.05, 3.63) is 11.4 Å². The number of hydrogen-bond acceptors (Lipinski definition) is 3. The molecule has 0 amide bonds. The number of rotatable bonds is 1. The first kappa shape index (κ1) is 10.9. The molecule has 1 fully saturated rings. The molecule has 1 saturated heterocycles. The van der Waals surface area contributed by atoms with Gasteiger partial charge in [-0.3, -0.25) is 0 Å². The van der Waals surface area contributed by atoms with Crippen molar-refractivity contribution in [3.63, 3.8) is 0 Å². The highest BCUT2D eigenvalue weighted by atomic mass is 16.5. The molecule has 4 rings (SSSR count). The van der Waals surface area contributed by atoms with Gasteiger partial charge >= 0.3 is 0 Å². The number of ether oxygens (including phenoxy) is 1. The van der Waals surface area contributed by atoms with Crippen LogP contribution in [0.5, 0.6) is 0 Å². The van der Waals surface area contributed by atoms with E-state index in [1.165, 1.54) is 49.9 Å². The lowest BCUT2D eigenvalue weighted by Gasteiger charge is -2.32. The van der Waals surface area contributed by atoms with Gasteiger partial charge < -0.3 is 14.6 Å². The summed E-state index contributed by atoms with van der Waals surface area (Å²) in [6.45, 7) is 1.99. The van der Waals surface area contributed by atoms with Crippen LogP contribution in [0.15, 0.2) is 0 Å². The number of hydrogen-bond donors (Lipinski definition) is 1. The maximum atomic E-state index is 5.93. The quantitative estimate of drug-likeness (QED) is 0.827. The van der Waals surface area contributed by atoms with Gasteiger partial charge in [0.05, 0.1) is 17.8 Å². The Bertz CT molecular complexity index is 448. The first-order chi connectivity index (χ1) is 8.93. The Balaban J connectivity index is 1.75. The zero-order chi connectivity index (χ0) is 11.9. The van der Waals surface area contributed by atoms with Gasteiger partial charge in [-0.25, -0.2) is 4.98 Å². The second-order valence-electron chi connectivity index (χ2n) is 5.74. The minimum atomic E-state index is 0.422. The molecular formula is C14H21N3O. The van der Waals surface area contributed by atoms with Crippen molar-refractivity contribution in [2.45, 2.75) is 57.1 Å². The van der Waals surface area contributed by atoms with Crippen molar-refractivity contribution in [2.24, 2.45) is 0 Å². The van der Waals surface area contributed by atoms with E-state index in [1.807, 2.05) is 0 Å². The molecule has 1 aromatic rings. The van der Waals surface area contributed by atoms with E-state index in [1.54, 1.807) is 0 Å². The first-order valence-corrected chi connectivity index (χ1v) is 7.39. The Morgan fingerprint density at radius 2 is 2.11 bits per heavy atom. The van der Waals surface area contributed by atoms with Crippen LogP contribution in [0.1, 0.15) is 49.5 Å². The summed E-state index contributed by atoms with van der Waals surface area (Å²) in [5, 5.41) is 3.47. The molecule has 3 aliphatic rings. The summed E-state index contributed by atoms with van der Waals surface area (Å²) in [5.74, 6) is 1.11. The SMILES string of the molecule is C1CCc2c(nc3n2C(C2CCCO2)CCN3)C1. The second kappa shape index (κ2) is 4.26. The molecule has 2 aliphatic heterocycles. The van der Waals surface area contributed by atoms with Gasteiger partial charge in [-0.05, 0) is 44.9 Å². The average Bonchev–Trinajstić information content (AvgIpc) is 3.05. The van der Waals surface area contributed by atoms with Gasteiger partial charge in [-0.1, -0.05) is 0 Å². The lowest BCUT2D eigenvalue weighted by molar-refractivity contribution is 0.0625. The molecule has 2 atom stereocenters. The monoisotopic (exact) mass is 247 g/mol. The predicted octanol–water partition coefficient (Wildman–Crippen LogP) is 2.30. The van der Waals surface area contributed by atoms with E-state index < -0.39 is 0 Å². The van der Waals surface area contributed by atoms with Crippen LogP contribution in [-0.2, 0) is 17.6 Å². The van der Waals surface area contributed by atoms with Gasteiger partial charge in [0.15, 0.2) is 0 Å². The molecule has 4 nitrogen and oxygen atoms in total. The van der Waals surface area contributed by atoms with Crippen molar-refractivity contribution in [1.82, 2.24) is 9.55 Å². The zero-order valence-electron chi connectivity index (χ0n) is 10.8. The molecule has 4 heteroatoms. The van der Waals surface area contributed by atoms with Crippen LogP contribution < -0.4 is 5.32 Å². The fourth-order valence-electron chi connectivity index (χ4n) is 3.76. The fourth-order valence-corrected chi connectivity index (χ4v) is 3.76. The van der Waals surface area contributed by atoms with Crippen molar-refractivity contribution in [2.75, 3.05) is 18.5 Å². The lowest BCUT2D eigenvalue weighted by atomic mass is 9.98. The number of aryl methyl sites for hydroxylation is 1. The molecule has 2 unspecified atom stereocenters. The van der Waals surface area contributed by atoms with Crippen molar-refractivity contribution >= 4 is 5.95 Å². The van der Waals surface area contributed by atoms with Crippen LogP contribution in [0, 0.1) is 0 Å². The Morgan fingerprint density at radius 3 is 3.00 bits per heavy atom. The van der Waals surface area contributed by atoms with Crippen LogP contribution in [0.25, 0.3) is 0 Å². The number of anilines is 1. The summed E-state index contributed by atoms with van der Waals surface area (Å²) in [7, 11) is 0. The maximum absolute atomic E-state index is 5.93. The maximum Gasteiger partial charge on any atom is 0.203 e. The topological polar surface area (TPSA) is 39.1 Å². The molecular weight excluding hydrogens is 226 g/mol. The Hall–Kier alpha value is -1.03. The standard InChI is InChI=1S/C14H21N3O/c1-2-5-11-10(4-1)16-14-15-8-7-12(17(11)14)13-6-3-9-18-13/h12-13H,1-9H2,(H,15,16). The fraction of sp³-hybridized carbons (Fsp3) is 0.786. The van der Waals surface area contributed by atoms with Gasteiger partial charge in [0.2, 0.25) is 5.95 Å². The molecule has 1 aromatic heterocycles. The summed E-state index contributed by atoms with van der Waals surface area (Å²) in [5.41, 5.74) is 2.83. The number of nitrogens with one attached hydrogen (secondary N) is 1. The van der Waals surface area contributed by atoms with Gasteiger partial charge in [0.25, 0.3) is 0 Å². The van der Waals surface area contributed by atoms with E-state index in [9.17, 15) is 0 Å². The second-order valence-corrected chi connectivity index (χ2v) is 5.74. The minimum Gasteiger partial charge on any atom is -0.376 e. The summed E-state index contributed by atoms with van der Waals surface area (Å²) in [6.07, 6.45) is 9.02. The molecule has 1 aliphatic carbocycles. The van der Waals surface area contributed by atoms with Gasteiger partial charge in [-0.15, -0.1) is 0 Å². The zero-order valence-corrected chi connectivity index (χ0v) is 10.8. The van der Waals surface area contributed by atoms with E-state index in [2.05, 4.69) is 9.88 Å². The van der Waals surface area contributed by atoms with Crippen LogP contribution in [0.3, 0.4) is 0 Å². The molecule has 0 saturated carbocycles. The molecule has 0 spiro atoms. The van der Waals surface area contributed by atoms with Crippen LogP contribution in [0.2, 0.25) is 0 Å². The highest BCUT2D eigenvalue weighted by molar-refractivity contribution is 5.38. The number of fused-ring (bicyclic) bond motifs is 3. The Morgan fingerprint density at radius 1 is 1.17 bits per heavy atom. The third-order valence-corrected chi connectivity index (χ3v) is 4.62. The molecule has 0 bridgehead atoms. The Labute approximate surface area is 108 Å². The molecule has 1 N–H and O–H groups in total. The highest BCUT2D eigenvalue weighted by Gasteiger charge is 2.34. The first-order valence-electron chi connectivity index (χ1n) is 7.39. The predicted molar refractivity (Wildman–Crippen MR) is 70.0 cm³/mol. The van der Waals surface area contributed by atoms with Crippen molar-refractivity contribution in [1.29, 1.82) is 0 Å².